The molecule has 0 bridgehead atoms. The minimum absolute atomic E-state index is 0.143. The molecule has 1 amide bonds. The molecular formula is C23H28N4O4S. The largest absolute Gasteiger partial charge is 0.339 e. The first-order chi connectivity index (χ1) is 15.1. The molecule has 3 aromatic rings. The van der Waals surface area contributed by atoms with Crippen molar-refractivity contribution >= 4 is 21.6 Å². The molecule has 3 rings (SSSR count). The molecular weight excluding hydrogens is 428 g/mol. The Labute approximate surface area is 188 Å². The third kappa shape index (κ3) is 6.24. The fourth-order valence-corrected chi connectivity index (χ4v) is 4.28. The standard InChI is InChI=1S/C23H28N4O4S/c1-15(2)17-5-7-18(8-6-17)23-25-22(31-26-23)14-13-21(28)24-19-9-11-20(12-10-19)32(29,30)27-16(3)4/h5-12,15-16,27H,13-14H2,1-4H3,(H,24,28). The molecule has 0 aliphatic carbocycles. The van der Waals surface area contributed by atoms with Crippen molar-refractivity contribution in [3.63, 3.8) is 0 Å². The first-order valence-electron chi connectivity index (χ1n) is 10.5. The highest BCUT2D eigenvalue weighted by Crippen LogP contribution is 2.21. The average molecular weight is 457 g/mol. The van der Waals surface area contributed by atoms with Gasteiger partial charge in [-0.15, -0.1) is 0 Å². The Morgan fingerprint density at radius 3 is 2.25 bits per heavy atom. The van der Waals surface area contributed by atoms with E-state index in [1.807, 2.05) is 24.3 Å². The van der Waals surface area contributed by atoms with Crippen molar-refractivity contribution in [2.75, 3.05) is 5.32 Å². The van der Waals surface area contributed by atoms with Crippen LogP contribution in [0, 0.1) is 0 Å². The Kier molecular flexibility index (Phi) is 7.42. The van der Waals surface area contributed by atoms with Crippen LogP contribution in [0.1, 0.15) is 51.5 Å². The Morgan fingerprint density at radius 1 is 1.00 bits per heavy atom. The summed E-state index contributed by atoms with van der Waals surface area (Å²) in [6, 6.07) is 13.8. The molecule has 0 aliphatic heterocycles. The fourth-order valence-electron chi connectivity index (χ4n) is 3.03. The maximum Gasteiger partial charge on any atom is 0.240 e. The van der Waals surface area contributed by atoms with Crippen molar-refractivity contribution in [2.45, 2.75) is 57.4 Å². The molecule has 0 radical (unpaired) electrons. The van der Waals surface area contributed by atoms with Crippen LogP contribution >= 0.6 is 0 Å². The number of amides is 1. The zero-order valence-corrected chi connectivity index (χ0v) is 19.4. The van der Waals surface area contributed by atoms with Gasteiger partial charge in [-0.05, 0) is 49.6 Å². The number of rotatable bonds is 9. The lowest BCUT2D eigenvalue weighted by atomic mass is 10.0. The van der Waals surface area contributed by atoms with Gasteiger partial charge in [0.05, 0.1) is 4.90 Å². The zero-order chi connectivity index (χ0) is 23.3. The number of anilines is 1. The predicted octanol–water partition coefficient (Wildman–Crippen LogP) is 4.12. The van der Waals surface area contributed by atoms with Crippen LogP contribution in [0.15, 0.2) is 57.9 Å². The van der Waals surface area contributed by atoms with Crippen molar-refractivity contribution in [1.82, 2.24) is 14.9 Å². The quantitative estimate of drug-likeness (QED) is 0.501. The highest BCUT2D eigenvalue weighted by molar-refractivity contribution is 7.89. The van der Waals surface area contributed by atoms with E-state index in [-0.39, 0.29) is 23.3 Å². The molecule has 32 heavy (non-hydrogen) atoms. The highest BCUT2D eigenvalue weighted by atomic mass is 32.2. The number of aromatic nitrogens is 2. The topological polar surface area (TPSA) is 114 Å². The lowest BCUT2D eigenvalue weighted by Crippen LogP contribution is -2.30. The molecule has 0 saturated heterocycles. The molecule has 9 heteroatoms. The molecule has 0 aliphatic rings. The summed E-state index contributed by atoms with van der Waals surface area (Å²) in [4.78, 5) is 16.8. The third-order valence-corrected chi connectivity index (χ3v) is 6.38. The van der Waals surface area contributed by atoms with Crippen LogP contribution in [0.25, 0.3) is 11.4 Å². The summed E-state index contributed by atoms with van der Waals surface area (Å²) in [7, 11) is -3.57. The van der Waals surface area contributed by atoms with Crippen LogP contribution in [0.2, 0.25) is 0 Å². The van der Waals surface area contributed by atoms with Gasteiger partial charge in [0.1, 0.15) is 0 Å². The van der Waals surface area contributed by atoms with Crippen LogP contribution in [0.4, 0.5) is 5.69 Å². The second-order valence-electron chi connectivity index (χ2n) is 8.14. The zero-order valence-electron chi connectivity index (χ0n) is 18.6. The lowest BCUT2D eigenvalue weighted by molar-refractivity contribution is -0.116. The number of hydrogen-bond donors (Lipinski definition) is 2. The Bertz CT molecular complexity index is 1150. The van der Waals surface area contributed by atoms with Crippen LogP contribution in [-0.4, -0.2) is 30.5 Å². The number of sulfonamides is 1. The van der Waals surface area contributed by atoms with Crippen LogP contribution < -0.4 is 10.0 Å². The molecule has 1 heterocycles. The maximum atomic E-state index is 12.3. The SMILES string of the molecule is CC(C)NS(=O)(=O)c1ccc(NC(=O)CCc2nc(-c3ccc(C(C)C)cc3)no2)cc1. The highest BCUT2D eigenvalue weighted by Gasteiger charge is 2.16. The molecule has 2 aromatic carbocycles. The normalized spacial score (nSPS) is 11.8. The Hall–Kier alpha value is -3.04. The van der Waals surface area contributed by atoms with E-state index < -0.39 is 10.0 Å². The Morgan fingerprint density at radius 2 is 1.66 bits per heavy atom. The molecule has 0 fully saturated rings. The predicted molar refractivity (Wildman–Crippen MR) is 123 cm³/mol. The monoisotopic (exact) mass is 456 g/mol. The van der Waals surface area contributed by atoms with Crippen LogP contribution in [-0.2, 0) is 21.2 Å². The molecule has 0 unspecified atom stereocenters. The summed E-state index contributed by atoms with van der Waals surface area (Å²) in [5, 5.41) is 6.74. The smallest absolute Gasteiger partial charge is 0.240 e. The van der Waals surface area contributed by atoms with Crippen molar-refractivity contribution < 1.29 is 17.7 Å². The molecule has 2 N–H and O–H groups in total. The van der Waals surface area contributed by atoms with Crippen molar-refractivity contribution in [2.24, 2.45) is 0 Å². The third-order valence-electron chi connectivity index (χ3n) is 4.71. The molecule has 1 aromatic heterocycles. The first-order valence-corrected chi connectivity index (χ1v) is 12.0. The first kappa shape index (κ1) is 23.6. The van der Waals surface area contributed by atoms with Gasteiger partial charge in [-0.25, -0.2) is 13.1 Å². The minimum atomic E-state index is -3.57. The summed E-state index contributed by atoms with van der Waals surface area (Å²) in [6.45, 7) is 7.77. The number of aryl methyl sites for hydroxylation is 1. The van der Waals surface area contributed by atoms with Crippen molar-refractivity contribution in [3.05, 3.63) is 60.0 Å². The number of nitrogens with one attached hydrogen (secondary N) is 2. The van der Waals surface area contributed by atoms with E-state index in [2.05, 4.69) is 34.0 Å². The van der Waals surface area contributed by atoms with E-state index in [1.54, 1.807) is 26.0 Å². The van der Waals surface area contributed by atoms with E-state index in [0.29, 0.717) is 29.7 Å². The van der Waals surface area contributed by atoms with Gasteiger partial charge in [0, 0.05) is 30.1 Å². The van der Waals surface area contributed by atoms with Crippen molar-refractivity contribution in [3.8, 4) is 11.4 Å². The van der Waals surface area contributed by atoms with Crippen LogP contribution in [0.3, 0.4) is 0 Å². The van der Waals surface area contributed by atoms with E-state index in [0.717, 1.165) is 5.56 Å². The second kappa shape index (κ2) is 10.1. The Balaban J connectivity index is 1.54. The van der Waals surface area contributed by atoms with Gasteiger partial charge in [0.15, 0.2) is 0 Å². The van der Waals surface area contributed by atoms with E-state index in [4.69, 9.17) is 4.52 Å². The number of nitrogens with zero attached hydrogens (tertiary/aromatic N) is 2. The van der Waals surface area contributed by atoms with Crippen molar-refractivity contribution in [1.29, 1.82) is 0 Å². The molecule has 0 atom stereocenters. The number of carbonyl (C=O) groups excluding carboxylic acids is 1. The van der Waals surface area contributed by atoms with Gasteiger partial charge in [0.2, 0.25) is 27.6 Å². The van der Waals surface area contributed by atoms with Gasteiger partial charge >= 0.3 is 0 Å². The number of carbonyl (C=O) groups is 1. The summed E-state index contributed by atoms with van der Waals surface area (Å²) < 4.78 is 32.1. The average Bonchev–Trinajstić information content (AvgIpc) is 3.21. The van der Waals surface area contributed by atoms with Gasteiger partial charge < -0.3 is 9.84 Å². The maximum absolute atomic E-state index is 12.3. The van der Waals surface area contributed by atoms with E-state index in [1.165, 1.54) is 17.7 Å². The molecule has 0 saturated carbocycles. The number of benzene rings is 2. The second-order valence-corrected chi connectivity index (χ2v) is 9.85. The minimum Gasteiger partial charge on any atom is -0.339 e. The van der Waals surface area contributed by atoms with Gasteiger partial charge in [-0.2, -0.15) is 4.98 Å². The molecule has 170 valence electrons. The van der Waals surface area contributed by atoms with Gasteiger partial charge in [-0.1, -0.05) is 43.3 Å². The van der Waals surface area contributed by atoms with Gasteiger partial charge in [-0.3, -0.25) is 4.79 Å². The van der Waals surface area contributed by atoms with E-state index in [9.17, 15) is 13.2 Å². The molecule has 0 spiro atoms. The number of hydrogen-bond acceptors (Lipinski definition) is 6. The lowest BCUT2D eigenvalue weighted by Gasteiger charge is -2.10. The summed E-state index contributed by atoms with van der Waals surface area (Å²) in [5.41, 5.74) is 2.60. The summed E-state index contributed by atoms with van der Waals surface area (Å²) >= 11 is 0. The molecule has 8 nitrogen and oxygen atoms in total. The summed E-state index contributed by atoms with van der Waals surface area (Å²) in [5.74, 6) is 1.08. The van der Waals surface area contributed by atoms with Crippen LogP contribution in [0.5, 0.6) is 0 Å². The summed E-state index contributed by atoms with van der Waals surface area (Å²) in [6.07, 6.45) is 0.455. The van der Waals surface area contributed by atoms with Gasteiger partial charge in [0.25, 0.3) is 0 Å². The fraction of sp³-hybridized carbons (Fsp3) is 0.348. The van der Waals surface area contributed by atoms with E-state index >= 15 is 0 Å².